The van der Waals surface area contributed by atoms with E-state index in [2.05, 4.69) is 5.32 Å². The quantitative estimate of drug-likeness (QED) is 0.783. The number of nitrogen functional groups attached to an aromatic ring is 1. The molecule has 2 rings (SSSR count). The highest BCUT2D eigenvalue weighted by Crippen LogP contribution is 2.43. The van der Waals surface area contributed by atoms with E-state index in [1.807, 2.05) is 6.92 Å². The number of Topliss-reactive ketones (excluding diaryl/α,β-unsaturated/α-hetero) is 1. The maximum atomic E-state index is 11.8. The molecule has 0 radical (unpaired) electrons. The van der Waals surface area contributed by atoms with Crippen molar-refractivity contribution in [2.45, 2.75) is 39.0 Å². The molecular weight excluding hydrogens is 260 g/mol. The van der Waals surface area contributed by atoms with Gasteiger partial charge in [0, 0.05) is 13.0 Å². The van der Waals surface area contributed by atoms with E-state index in [0.717, 1.165) is 17.5 Å². The number of carbonyl (C=O) groups excluding carboxylic acids is 1. The zero-order valence-corrected chi connectivity index (χ0v) is 12.4. The maximum Gasteiger partial charge on any atom is 0.176 e. The highest BCUT2D eigenvalue weighted by Gasteiger charge is 2.22. The Balaban J connectivity index is 2.12. The molecule has 3 N–H and O–H groups in total. The second kappa shape index (κ2) is 6.28. The molecule has 4 nitrogen and oxygen atoms in total. The molecule has 106 valence electrons. The van der Waals surface area contributed by atoms with Gasteiger partial charge < -0.3 is 15.8 Å². The summed E-state index contributed by atoms with van der Waals surface area (Å²) < 4.78 is 5.34. The van der Waals surface area contributed by atoms with Crippen molar-refractivity contribution in [3.8, 4) is 5.75 Å². The van der Waals surface area contributed by atoms with Gasteiger partial charge in [0.15, 0.2) is 11.5 Å². The smallest absolute Gasteiger partial charge is 0.176 e. The fraction of sp³-hybridized carbons (Fsp3) is 0.643. The molecule has 1 heterocycles. The lowest BCUT2D eigenvalue weighted by Gasteiger charge is -2.11. The number of hydrogen-bond acceptors (Lipinski definition) is 5. The van der Waals surface area contributed by atoms with Gasteiger partial charge in [-0.2, -0.15) is 0 Å². The third-order valence-corrected chi connectivity index (χ3v) is 4.89. The summed E-state index contributed by atoms with van der Waals surface area (Å²) in [6.45, 7) is 2.79. The molecule has 1 fully saturated rings. The third kappa shape index (κ3) is 3.03. The van der Waals surface area contributed by atoms with Crippen LogP contribution in [-0.4, -0.2) is 19.4 Å². The molecule has 0 atom stereocenters. The van der Waals surface area contributed by atoms with Gasteiger partial charge in [-0.3, -0.25) is 4.79 Å². The lowest BCUT2D eigenvalue weighted by atomic mass is 10.1. The molecule has 0 aromatic carbocycles. The van der Waals surface area contributed by atoms with E-state index in [1.54, 1.807) is 7.11 Å². The number of thiophene rings is 1. The molecule has 5 heteroatoms. The van der Waals surface area contributed by atoms with Crippen LogP contribution in [0.15, 0.2) is 0 Å². The van der Waals surface area contributed by atoms with E-state index >= 15 is 0 Å². The van der Waals surface area contributed by atoms with Gasteiger partial charge in [-0.05, 0) is 18.8 Å². The lowest BCUT2D eigenvalue weighted by Crippen LogP contribution is -2.10. The van der Waals surface area contributed by atoms with E-state index in [0.29, 0.717) is 22.7 Å². The highest BCUT2D eigenvalue weighted by atomic mass is 32.1. The number of nitrogens with two attached hydrogens (primary N) is 1. The molecule has 1 aromatic rings. The van der Waals surface area contributed by atoms with Gasteiger partial charge in [-0.25, -0.2) is 0 Å². The molecule has 1 aromatic heterocycles. The predicted octanol–water partition coefficient (Wildman–Crippen LogP) is 3.53. The van der Waals surface area contributed by atoms with Crippen molar-refractivity contribution in [3.63, 3.8) is 0 Å². The Morgan fingerprint density at radius 2 is 2.16 bits per heavy atom. The van der Waals surface area contributed by atoms with Crippen LogP contribution in [0.3, 0.4) is 0 Å². The van der Waals surface area contributed by atoms with Crippen LogP contribution in [0.25, 0.3) is 0 Å². The molecule has 0 unspecified atom stereocenters. The van der Waals surface area contributed by atoms with Crippen LogP contribution in [0.5, 0.6) is 5.75 Å². The van der Waals surface area contributed by atoms with Crippen molar-refractivity contribution >= 4 is 27.8 Å². The molecule has 19 heavy (non-hydrogen) atoms. The van der Waals surface area contributed by atoms with Crippen LogP contribution in [0.1, 0.15) is 48.7 Å². The number of hydrogen-bond donors (Lipinski definition) is 2. The molecule has 0 amide bonds. The summed E-state index contributed by atoms with van der Waals surface area (Å²) >= 11 is 1.42. The summed E-state index contributed by atoms with van der Waals surface area (Å²) in [6, 6.07) is 0. The summed E-state index contributed by atoms with van der Waals surface area (Å²) in [4.78, 5) is 12.4. The summed E-state index contributed by atoms with van der Waals surface area (Å²) in [7, 11) is 1.60. The van der Waals surface area contributed by atoms with Crippen LogP contribution >= 0.6 is 11.3 Å². The zero-order valence-electron chi connectivity index (χ0n) is 11.6. The fourth-order valence-electron chi connectivity index (χ4n) is 2.57. The van der Waals surface area contributed by atoms with Gasteiger partial charge in [0.05, 0.1) is 17.7 Å². The first kappa shape index (κ1) is 14.2. The summed E-state index contributed by atoms with van der Waals surface area (Å²) in [5, 5.41) is 4.30. The molecule has 1 aliphatic carbocycles. The number of rotatable bonds is 6. The minimum atomic E-state index is 0.0784. The van der Waals surface area contributed by atoms with Crippen molar-refractivity contribution in [3.05, 3.63) is 4.88 Å². The average Bonchev–Trinajstić information content (AvgIpc) is 3.03. The topological polar surface area (TPSA) is 64.3 Å². The standard InChI is InChI=1S/C14H22N2O2S/c1-3-10(17)13-11(15)12(18-2)14(19-13)16-8-9-6-4-5-7-9/h9,16H,3-8,15H2,1-2H3. The molecule has 1 aliphatic rings. The number of nitrogens with one attached hydrogen (secondary N) is 1. The van der Waals surface area contributed by atoms with Crippen LogP contribution < -0.4 is 15.8 Å². The van der Waals surface area contributed by atoms with Gasteiger partial charge in [0.1, 0.15) is 5.00 Å². The van der Waals surface area contributed by atoms with E-state index in [-0.39, 0.29) is 5.78 Å². The fourth-order valence-corrected chi connectivity index (χ4v) is 3.67. The molecule has 0 spiro atoms. The van der Waals surface area contributed by atoms with Crippen molar-refractivity contribution in [1.29, 1.82) is 0 Å². The second-order valence-electron chi connectivity index (χ2n) is 5.02. The first-order chi connectivity index (χ1) is 9.17. The second-order valence-corrected chi connectivity index (χ2v) is 6.04. The van der Waals surface area contributed by atoms with Crippen molar-refractivity contribution in [2.75, 3.05) is 24.7 Å². The van der Waals surface area contributed by atoms with Gasteiger partial charge >= 0.3 is 0 Å². The van der Waals surface area contributed by atoms with Gasteiger partial charge in [0.25, 0.3) is 0 Å². The first-order valence-electron chi connectivity index (χ1n) is 6.90. The third-order valence-electron chi connectivity index (χ3n) is 3.70. The first-order valence-corrected chi connectivity index (χ1v) is 7.72. The SMILES string of the molecule is CCC(=O)c1sc(NCC2CCCC2)c(OC)c1N. The summed E-state index contributed by atoms with van der Waals surface area (Å²) in [6.07, 6.45) is 5.70. The molecular formula is C14H22N2O2S. The number of ketones is 1. The number of carbonyl (C=O) groups is 1. The Morgan fingerprint density at radius 3 is 2.74 bits per heavy atom. The van der Waals surface area contributed by atoms with Crippen LogP contribution in [0.4, 0.5) is 10.7 Å². The van der Waals surface area contributed by atoms with Crippen molar-refractivity contribution in [1.82, 2.24) is 0 Å². The van der Waals surface area contributed by atoms with E-state index in [9.17, 15) is 4.79 Å². The molecule has 0 saturated heterocycles. The summed E-state index contributed by atoms with van der Waals surface area (Å²) in [5.41, 5.74) is 6.48. The van der Waals surface area contributed by atoms with Gasteiger partial charge in [-0.1, -0.05) is 19.8 Å². The Kier molecular flexibility index (Phi) is 4.69. The van der Waals surface area contributed by atoms with E-state index in [1.165, 1.54) is 37.0 Å². The summed E-state index contributed by atoms with van der Waals surface area (Å²) in [5.74, 6) is 1.44. The van der Waals surface area contributed by atoms with Crippen LogP contribution in [-0.2, 0) is 0 Å². The molecule has 0 aliphatic heterocycles. The Hall–Kier alpha value is -1.23. The highest BCUT2D eigenvalue weighted by molar-refractivity contribution is 7.19. The van der Waals surface area contributed by atoms with E-state index in [4.69, 9.17) is 10.5 Å². The van der Waals surface area contributed by atoms with Gasteiger partial charge in [0.2, 0.25) is 0 Å². The zero-order chi connectivity index (χ0) is 13.8. The number of methoxy groups -OCH3 is 1. The molecule has 0 bridgehead atoms. The molecule has 1 saturated carbocycles. The minimum Gasteiger partial charge on any atom is -0.492 e. The average molecular weight is 282 g/mol. The van der Waals surface area contributed by atoms with Crippen LogP contribution in [0.2, 0.25) is 0 Å². The Labute approximate surface area is 118 Å². The Bertz CT molecular complexity index is 451. The lowest BCUT2D eigenvalue weighted by molar-refractivity contribution is 0.0992. The van der Waals surface area contributed by atoms with Crippen molar-refractivity contribution in [2.24, 2.45) is 5.92 Å². The normalized spacial score (nSPS) is 15.7. The Morgan fingerprint density at radius 1 is 1.47 bits per heavy atom. The predicted molar refractivity (Wildman–Crippen MR) is 80.4 cm³/mol. The maximum absolute atomic E-state index is 11.8. The minimum absolute atomic E-state index is 0.0784. The van der Waals surface area contributed by atoms with Crippen LogP contribution in [0, 0.1) is 5.92 Å². The largest absolute Gasteiger partial charge is 0.492 e. The van der Waals surface area contributed by atoms with E-state index < -0.39 is 0 Å². The van der Waals surface area contributed by atoms with Gasteiger partial charge in [-0.15, -0.1) is 11.3 Å². The number of anilines is 2. The van der Waals surface area contributed by atoms with Crippen molar-refractivity contribution < 1.29 is 9.53 Å². The monoisotopic (exact) mass is 282 g/mol. The number of ether oxygens (including phenoxy) is 1.